The van der Waals surface area contributed by atoms with E-state index in [1.54, 1.807) is 17.3 Å². The van der Waals surface area contributed by atoms with Crippen LogP contribution >= 0.6 is 0 Å². The fraction of sp³-hybridized carbons (Fsp3) is 0.441. The molecule has 3 aromatic heterocycles. The molecule has 0 aliphatic carbocycles. The molecule has 2 N–H and O–H groups in total. The number of fused-ring (bicyclic) bond motifs is 4. The van der Waals surface area contributed by atoms with Gasteiger partial charge in [0.2, 0.25) is 0 Å². The molecule has 4 aromatic rings. The Morgan fingerprint density at radius 2 is 1.74 bits per heavy atom. The second-order valence-electron chi connectivity index (χ2n) is 13.1. The van der Waals surface area contributed by atoms with Crippen LogP contribution in [-0.2, 0) is 5.54 Å². The predicted octanol–water partition coefficient (Wildman–Crippen LogP) is 6.05. The Hall–Kier alpha value is -3.87. The molecule has 9 heteroatoms. The lowest BCUT2D eigenvalue weighted by atomic mass is 9.88. The average molecular weight is 593 g/mol. The van der Waals surface area contributed by atoms with E-state index in [4.69, 9.17) is 21.4 Å². The Morgan fingerprint density at radius 3 is 2.40 bits per heavy atom. The summed E-state index contributed by atoms with van der Waals surface area (Å²) in [5.41, 5.74) is 3.30. The zero-order chi connectivity index (χ0) is 30.7. The SMILES string of the molecule is C#Cc1nc([Si](C(C)C)(C(C)C)C(C)C)c(-c2nc(C34CCC(CNC3)N4C(=O)O)c3cnccc3n2)c2ccccc12. The fourth-order valence-corrected chi connectivity index (χ4v) is 15.3. The zero-order valence-electron chi connectivity index (χ0n) is 25.8. The van der Waals surface area contributed by atoms with Crippen molar-refractivity contribution in [1.82, 2.24) is 30.2 Å². The van der Waals surface area contributed by atoms with Gasteiger partial charge in [-0.3, -0.25) is 9.88 Å². The molecule has 0 radical (unpaired) electrons. The summed E-state index contributed by atoms with van der Waals surface area (Å²) in [7, 11) is -2.39. The molecule has 8 nitrogen and oxygen atoms in total. The van der Waals surface area contributed by atoms with Crippen molar-refractivity contribution in [3.8, 4) is 23.7 Å². The largest absolute Gasteiger partial charge is 0.465 e. The summed E-state index contributed by atoms with van der Waals surface area (Å²) in [5, 5.41) is 17.7. The number of hydrogen-bond acceptors (Lipinski definition) is 6. The lowest BCUT2D eigenvalue weighted by molar-refractivity contribution is 0.0582. The Labute approximate surface area is 254 Å². The number of aromatic nitrogens is 4. The van der Waals surface area contributed by atoms with E-state index in [0.717, 1.165) is 39.0 Å². The smallest absolute Gasteiger partial charge is 0.408 e. The molecular weight excluding hydrogens is 553 g/mol. The Morgan fingerprint density at radius 1 is 1.05 bits per heavy atom. The van der Waals surface area contributed by atoms with Crippen LogP contribution < -0.4 is 10.6 Å². The van der Waals surface area contributed by atoms with E-state index in [0.29, 0.717) is 53.3 Å². The lowest BCUT2D eigenvalue weighted by Gasteiger charge is -2.44. The summed E-state index contributed by atoms with van der Waals surface area (Å²) in [4.78, 5) is 34.8. The summed E-state index contributed by atoms with van der Waals surface area (Å²) in [5.74, 6) is 3.46. The summed E-state index contributed by atoms with van der Waals surface area (Å²) in [6.07, 6.45) is 10.2. The molecule has 2 aliphatic heterocycles. The first-order valence-electron chi connectivity index (χ1n) is 15.3. The molecule has 0 spiro atoms. The van der Waals surface area contributed by atoms with E-state index in [2.05, 4.69) is 63.8 Å². The number of benzene rings is 1. The first kappa shape index (κ1) is 29.2. The second kappa shape index (κ2) is 10.7. The van der Waals surface area contributed by atoms with Crippen molar-refractivity contribution in [2.24, 2.45) is 0 Å². The fourth-order valence-electron chi connectivity index (χ4n) is 8.64. The van der Waals surface area contributed by atoms with Crippen LogP contribution in [0.1, 0.15) is 65.8 Å². The third-order valence-electron chi connectivity index (χ3n) is 10.2. The van der Waals surface area contributed by atoms with Crippen LogP contribution in [0, 0.1) is 12.3 Å². The highest BCUT2D eigenvalue weighted by atomic mass is 28.3. The molecule has 2 aliphatic rings. The number of nitrogens with one attached hydrogen (secondary N) is 1. The Bertz CT molecular complexity index is 1750. The minimum atomic E-state index is -2.39. The highest BCUT2D eigenvalue weighted by Gasteiger charge is 2.55. The van der Waals surface area contributed by atoms with Gasteiger partial charge in [-0.05, 0) is 46.8 Å². The second-order valence-corrected chi connectivity index (χ2v) is 18.9. The highest BCUT2D eigenvalue weighted by Crippen LogP contribution is 2.47. The maximum absolute atomic E-state index is 12.8. The minimum Gasteiger partial charge on any atom is -0.465 e. The van der Waals surface area contributed by atoms with Crippen LogP contribution in [0.25, 0.3) is 33.1 Å². The third kappa shape index (κ3) is 4.18. The van der Waals surface area contributed by atoms with Crippen molar-refractivity contribution < 1.29 is 9.90 Å². The summed E-state index contributed by atoms with van der Waals surface area (Å²) in [6.45, 7) is 15.0. The van der Waals surface area contributed by atoms with Crippen molar-refractivity contribution in [3.63, 3.8) is 0 Å². The molecule has 1 aromatic carbocycles. The van der Waals surface area contributed by atoms with Gasteiger partial charge in [-0.25, -0.2) is 19.7 Å². The number of pyridine rings is 2. The van der Waals surface area contributed by atoms with Gasteiger partial charge < -0.3 is 10.4 Å². The van der Waals surface area contributed by atoms with Gasteiger partial charge in [-0.2, -0.15) is 0 Å². The number of amides is 1. The van der Waals surface area contributed by atoms with E-state index in [1.165, 1.54) is 0 Å². The first-order valence-corrected chi connectivity index (χ1v) is 17.6. The summed E-state index contributed by atoms with van der Waals surface area (Å²) in [6, 6.07) is 9.94. The molecular formula is C34H40N6O2Si. The number of piperazine rings is 1. The summed E-state index contributed by atoms with van der Waals surface area (Å²) < 4.78 is 0. The monoisotopic (exact) mass is 592 g/mol. The van der Waals surface area contributed by atoms with Crippen molar-refractivity contribution in [1.29, 1.82) is 0 Å². The van der Waals surface area contributed by atoms with Crippen LogP contribution in [-0.4, -0.2) is 63.2 Å². The number of hydrogen-bond donors (Lipinski definition) is 2. The van der Waals surface area contributed by atoms with Crippen molar-refractivity contribution in [3.05, 3.63) is 54.1 Å². The van der Waals surface area contributed by atoms with Gasteiger partial charge in [-0.15, -0.1) is 6.42 Å². The van der Waals surface area contributed by atoms with E-state index in [-0.39, 0.29) is 6.04 Å². The molecule has 43 heavy (non-hydrogen) atoms. The van der Waals surface area contributed by atoms with E-state index >= 15 is 0 Å². The van der Waals surface area contributed by atoms with Crippen LogP contribution in [0.3, 0.4) is 0 Å². The van der Waals surface area contributed by atoms with Gasteiger partial charge in [0.1, 0.15) is 19.3 Å². The minimum absolute atomic E-state index is 0.104. The number of carbonyl (C=O) groups is 1. The molecule has 6 rings (SSSR count). The Kier molecular flexibility index (Phi) is 7.26. The molecule has 2 saturated heterocycles. The van der Waals surface area contributed by atoms with Gasteiger partial charge in [0.05, 0.1) is 11.2 Å². The standard InChI is InChI=1S/C34H40N6O2Si/c1-8-27-24-11-9-10-12-25(24)29(32(38-27)43(20(2)3,21(4)5)22(6)7)31-37-28-14-16-35-18-26(28)30(39-31)34-15-13-23(17-36-19-34)40(34)33(41)42/h1,9-12,14,16,18,20-23,36H,13,15,17,19H2,2-7H3,(H,41,42). The molecule has 2 fully saturated rings. The van der Waals surface area contributed by atoms with Gasteiger partial charge in [0.15, 0.2) is 5.82 Å². The highest BCUT2D eigenvalue weighted by molar-refractivity contribution is 6.95. The van der Waals surface area contributed by atoms with Crippen LogP contribution in [0.2, 0.25) is 16.6 Å². The molecule has 5 heterocycles. The van der Waals surface area contributed by atoms with Crippen molar-refractivity contribution in [2.45, 2.75) is 82.6 Å². The van der Waals surface area contributed by atoms with E-state index < -0.39 is 19.7 Å². The van der Waals surface area contributed by atoms with Gasteiger partial charge in [0.25, 0.3) is 0 Å². The van der Waals surface area contributed by atoms with Gasteiger partial charge in [0, 0.05) is 53.2 Å². The maximum atomic E-state index is 12.8. The van der Waals surface area contributed by atoms with Crippen molar-refractivity contribution >= 4 is 41.2 Å². The number of nitrogens with zero attached hydrogens (tertiary/aromatic N) is 5. The quantitative estimate of drug-likeness (QED) is 0.208. The topological polar surface area (TPSA) is 104 Å². The average Bonchev–Trinajstić information content (AvgIpc) is 3.22. The predicted molar refractivity (Wildman–Crippen MR) is 174 cm³/mol. The van der Waals surface area contributed by atoms with E-state index in [9.17, 15) is 9.90 Å². The zero-order valence-corrected chi connectivity index (χ0v) is 26.8. The molecule has 2 atom stereocenters. The van der Waals surface area contributed by atoms with Crippen LogP contribution in [0.5, 0.6) is 0 Å². The number of rotatable bonds is 6. The molecule has 222 valence electrons. The molecule has 1 amide bonds. The summed E-state index contributed by atoms with van der Waals surface area (Å²) >= 11 is 0. The van der Waals surface area contributed by atoms with Gasteiger partial charge in [-0.1, -0.05) is 65.8 Å². The Balaban J connectivity index is 1.77. The maximum Gasteiger partial charge on any atom is 0.408 e. The lowest BCUT2D eigenvalue weighted by Crippen LogP contribution is -2.60. The van der Waals surface area contributed by atoms with E-state index in [1.807, 2.05) is 24.3 Å². The number of carboxylic acid groups (broad SMARTS) is 1. The molecule has 2 unspecified atom stereocenters. The van der Waals surface area contributed by atoms with Crippen LogP contribution in [0.4, 0.5) is 4.79 Å². The molecule has 0 saturated carbocycles. The number of terminal acetylenes is 1. The normalized spacial score (nSPS) is 20.5. The first-order chi connectivity index (χ1) is 20.6. The van der Waals surface area contributed by atoms with Crippen LogP contribution in [0.15, 0.2) is 42.7 Å². The molecule has 2 bridgehead atoms. The van der Waals surface area contributed by atoms with Crippen molar-refractivity contribution in [2.75, 3.05) is 13.1 Å². The third-order valence-corrected chi connectivity index (χ3v) is 17.1. The van der Waals surface area contributed by atoms with Gasteiger partial charge >= 0.3 is 6.09 Å².